The van der Waals surface area contributed by atoms with Crippen LogP contribution in [-0.4, -0.2) is 17.0 Å². The van der Waals surface area contributed by atoms with Gasteiger partial charge in [-0.1, -0.05) is 0 Å². The van der Waals surface area contributed by atoms with E-state index in [4.69, 9.17) is 26.9 Å². The molecule has 0 aliphatic carbocycles. The molecule has 0 unspecified atom stereocenters. The molecular formula is C2H11N6O3P2+. The molecule has 0 aliphatic rings. The van der Waals surface area contributed by atoms with Gasteiger partial charge in [0.15, 0.2) is 0 Å². The summed E-state index contributed by atoms with van der Waals surface area (Å²) in [4.78, 5) is 19.5. The van der Waals surface area contributed by atoms with E-state index < -0.39 is 21.4 Å². The molecule has 9 nitrogen and oxygen atoms in total. The van der Waals surface area contributed by atoms with Gasteiger partial charge in [0.05, 0.1) is 6.21 Å². The molecule has 0 bridgehead atoms. The molecule has 0 spiro atoms. The fraction of sp³-hybridized carbons (Fsp3) is 0. The number of rotatable bonds is 3. The van der Waals surface area contributed by atoms with Crippen molar-refractivity contribution in [2.75, 3.05) is 0 Å². The molecule has 0 atom stereocenters. The largest absolute Gasteiger partial charge is 0.383 e. The number of carbonyl (C=O) groups is 1. The Labute approximate surface area is 74.7 Å². The van der Waals surface area contributed by atoms with Gasteiger partial charge in [0.2, 0.25) is 0 Å². The molecule has 10 N–H and O–H groups in total. The summed E-state index contributed by atoms with van der Waals surface area (Å²) < 4.78 is 13.6. The van der Waals surface area contributed by atoms with Crippen molar-refractivity contribution < 1.29 is 14.3 Å². The van der Waals surface area contributed by atoms with Crippen molar-refractivity contribution in [3.8, 4) is 0 Å². The topological polar surface area (TPSA) is 183 Å². The molecule has 0 saturated carbocycles. The van der Waals surface area contributed by atoms with E-state index in [-0.39, 0.29) is 0 Å². The summed E-state index contributed by atoms with van der Waals surface area (Å²) in [6.07, 6.45) is 0.547. The van der Waals surface area contributed by atoms with Crippen molar-refractivity contribution in [2.45, 2.75) is 0 Å². The first kappa shape index (κ1) is 12.6. The number of hydrogen-bond acceptors (Lipinski definition) is 5. The van der Waals surface area contributed by atoms with Crippen LogP contribution in [0.15, 0.2) is 4.76 Å². The number of carbonyl (C=O) groups excluding carboxylic acids is 1. The predicted octanol–water partition coefficient (Wildman–Crippen LogP) is -2.21. The van der Waals surface area contributed by atoms with Gasteiger partial charge in [-0.05, 0) is 0 Å². The average molecular weight is 229 g/mol. The molecule has 0 aliphatic heterocycles. The highest BCUT2D eigenvalue weighted by atomic mass is 31.2. The Bertz CT molecular complexity index is 264. The second kappa shape index (κ2) is 4.21. The summed E-state index contributed by atoms with van der Waals surface area (Å²) in [6.45, 7) is 0. The van der Waals surface area contributed by atoms with Crippen LogP contribution in [0.2, 0.25) is 0 Å². The van der Waals surface area contributed by atoms with Gasteiger partial charge in [0, 0.05) is 0 Å². The molecule has 0 rings (SSSR count). The Morgan fingerprint density at radius 2 is 2.00 bits per heavy atom. The minimum Gasteiger partial charge on any atom is -0.265 e. The second-order valence-electron chi connectivity index (χ2n) is 2.13. The molecule has 0 radical (unpaired) electrons. The van der Waals surface area contributed by atoms with Crippen LogP contribution >= 0.6 is 15.5 Å². The highest BCUT2D eigenvalue weighted by Gasteiger charge is 2.26. The molecule has 0 aromatic rings. The minimum absolute atomic E-state index is 0.547. The molecular weight excluding hydrogens is 218 g/mol. The third-order valence-corrected chi connectivity index (χ3v) is 1.70. The van der Waals surface area contributed by atoms with E-state index >= 15 is 0 Å². The van der Waals surface area contributed by atoms with E-state index in [1.165, 1.54) is 0 Å². The van der Waals surface area contributed by atoms with Crippen molar-refractivity contribution in [1.82, 2.24) is 5.09 Å². The minimum atomic E-state index is -3.63. The summed E-state index contributed by atoms with van der Waals surface area (Å²) in [6, 6.07) is 0. The van der Waals surface area contributed by atoms with Gasteiger partial charge in [-0.2, -0.15) is 9.98 Å². The number of hydrogen-bond donors (Lipinski definition) is 6. The second-order valence-corrected chi connectivity index (χ2v) is 5.41. The highest BCUT2D eigenvalue weighted by Crippen LogP contribution is 2.28. The maximum Gasteiger partial charge on any atom is 0.383 e. The lowest BCUT2D eigenvalue weighted by Gasteiger charge is -2.05. The zero-order valence-corrected chi connectivity index (χ0v) is 8.28. The van der Waals surface area contributed by atoms with Gasteiger partial charge < -0.3 is 0 Å². The third kappa shape index (κ3) is 9.51. The van der Waals surface area contributed by atoms with Crippen LogP contribution in [0.25, 0.3) is 0 Å². The number of nitrogens with zero attached hydrogens (tertiary/aromatic N) is 1. The van der Waals surface area contributed by atoms with Crippen LogP contribution < -0.4 is 27.1 Å². The van der Waals surface area contributed by atoms with Crippen molar-refractivity contribution in [1.29, 1.82) is 0 Å². The quantitative estimate of drug-likeness (QED) is 0.234. The number of nitrogens with two attached hydrogens (primary N) is 4. The van der Waals surface area contributed by atoms with Crippen LogP contribution in [0.3, 0.4) is 0 Å². The fourth-order valence-electron chi connectivity index (χ4n) is 0.348. The van der Waals surface area contributed by atoms with Crippen LogP contribution in [0.4, 0.5) is 0 Å². The van der Waals surface area contributed by atoms with Gasteiger partial charge in [0.1, 0.15) is 0 Å². The first-order valence-corrected chi connectivity index (χ1v) is 6.52. The molecule has 11 heteroatoms. The van der Waals surface area contributed by atoms with E-state index in [1.54, 1.807) is 5.09 Å². The first-order valence-electron chi connectivity index (χ1n) is 2.84. The molecule has 13 heavy (non-hydrogen) atoms. The lowest BCUT2D eigenvalue weighted by Crippen LogP contribution is -2.33. The molecule has 76 valence electrons. The fourth-order valence-corrected chi connectivity index (χ4v) is 1.04. The Morgan fingerprint density at radius 1 is 1.54 bits per heavy atom. The lowest BCUT2D eigenvalue weighted by molar-refractivity contribution is -0.112. The molecule has 0 heterocycles. The van der Waals surface area contributed by atoms with Crippen LogP contribution in [-0.2, 0) is 9.36 Å². The van der Waals surface area contributed by atoms with Crippen molar-refractivity contribution in [3.63, 3.8) is 0 Å². The van der Waals surface area contributed by atoms with Crippen molar-refractivity contribution in [2.24, 2.45) is 26.8 Å². The Morgan fingerprint density at radius 3 is 2.31 bits per heavy atom. The highest BCUT2D eigenvalue weighted by molar-refractivity contribution is 7.64. The Kier molecular flexibility index (Phi) is 4.08. The van der Waals surface area contributed by atoms with E-state index in [2.05, 4.69) is 4.76 Å². The third-order valence-electron chi connectivity index (χ3n) is 0.645. The van der Waals surface area contributed by atoms with Crippen LogP contribution in [0.1, 0.15) is 0 Å². The molecule has 0 fully saturated rings. The monoisotopic (exact) mass is 229 g/mol. The number of amides is 1. The molecule has 0 aromatic heterocycles. The first-order chi connectivity index (χ1) is 5.60. The maximum atomic E-state index is 10.7. The van der Waals surface area contributed by atoms with E-state index in [1.807, 2.05) is 0 Å². The lowest BCUT2D eigenvalue weighted by atomic mass is 10.7. The zero-order valence-electron chi connectivity index (χ0n) is 6.49. The summed E-state index contributed by atoms with van der Waals surface area (Å²) >= 11 is 0. The van der Waals surface area contributed by atoms with E-state index in [0.717, 1.165) is 0 Å². The summed E-state index contributed by atoms with van der Waals surface area (Å²) in [7, 11) is -7.04. The average Bonchev–Trinajstić information content (AvgIpc) is 1.78. The van der Waals surface area contributed by atoms with Gasteiger partial charge in [-0.25, -0.2) is 4.76 Å². The normalized spacial score (nSPS) is 13.3. The number of nitrogens with one attached hydrogen (secondary N) is 1. The van der Waals surface area contributed by atoms with Crippen LogP contribution in [0.5, 0.6) is 0 Å². The molecule has 0 aromatic carbocycles. The maximum absolute atomic E-state index is 10.7. The summed E-state index contributed by atoms with van der Waals surface area (Å²) in [5.74, 6) is -0.919. The SMILES string of the molecule is NP(N)(=O)N=CC(=O)N[P+](N)(N)O. The van der Waals surface area contributed by atoms with Gasteiger partial charge >= 0.3 is 15.5 Å². The standard InChI is InChI=1S/C2H10N6O3P2/c3-12(4,10)7-1-2(9)8-13(5,6)11/h1,11H,5-6H2,(H4-,3,4,8,9,10)/p+1. The predicted molar refractivity (Wildman–Crippen MR) is 50.1 cm³/mol. The summed E-state index contributed by atoms with van der Waals surface area (Å²) in [5.41, 5.74) is 19.4. The summed E-state index contributed by atoms with van der Waals surface area (Å²) in [5, 5.41) is 1.79. The van der Waals surface area contributed by atoms with Gasteiger partial charge in [-0.15, -0.1) is 11.0 Å². The van der Waals surface area contributed by atoms with Gasteiger partial charge in [0.25, 0.3) is 5.91 Å². The molecule has 1 amide bonds. The van der Waals surface area contributed by atoms with Gasteiger partial charge in [-0.3, -0.25) is 20.4 Å². The Hall–Kier alpha value is -0.400. The molecule has 0 saturated heterocycles. The van der Waals surface area contributed by atoms with Crippen molar-refractivity contribution in [3.05, 3.63) is 0 Å². The van der Waals surface area contributed by atoms with Crippen LogP contribution in [0, 0.1) is 0 Å². The zero-order chi connectivity index (χ0) is 10.7. The smallest absolute Gasteiger partial charge is 0.265 e. The van der Waals surface area contributed by atoms with E-state index in [9.17, 15) is 9.36 Å². The van der Waals surface area contributed by atoms with E-state index in [0.29, 0.717) is 6.21 Å². The van der Waals surface area contributed by atoms with Crippen molar-refractivity contribution >= 4 is 27.7 Å². The Balaban J connectivity index is 4.19.